The van der Waals surface area contributed by atoms with E-state index < -0.39 is 46.6 Å². The van der Waals surface area contributed by atoms with E-state index in [1.54, 1.807) is 13.0 Å². The highest BCUT2D eigenvalue weighted by atomic mass is 16.3. The van der Waals surface area contributed by atoms with Gasteiger partial charge in [0.05, 0.1) is 11.1 Å². The van der Waals surface area contributed by atoms with Crippen LogP contribution < -0.4 is 0 Å². The van der Waals surface area contributed by atoms with E-state index in [-0.39, 0.29) is 57.4 Å². The number of carbonyl (C=O) groups is 2. The average molecular weight is 611 g/mol. The summed E-state index contributed by atoms with van der Waals surface area (Å²) in [5.41, 5.74) is 0.750. The number of hydrogen-bond donors (Lipinski definition) is 8. The molecule has 0 heterocycles. The van der Waals surface area contributed by atoms with E-state index in [9.17, 15) is 50.4 Å². The third-order valence-electron chi connectivity index (χ3n) is 8.01. The second-order valence-corrected chi connectivity index (χ2v) is 11.0. The first-order chi connectivity index (χ1) is 21.3. The van der Waals surface area contributed by atoms with Crippen molar-refractivity contribution in [2.24, 2.45) is 5.92 Å². The summed E-state index contributed by atoms with van der Waals surface area (Å²) in [7, 11) is 0. The monoisotopic (exact) mass is 610 g/mol. The van der Waals surface area contributed by atoms with Crippen molar-refractivity contribution >= 4 is 17.6 Å². The fourth-order valence-electron chi connectivity index (χ4n) is 5.92. The molecular weight excluding hydrogens is 580 g/mol. The van der Waals surface area contributed by atoms with Crippen LogP contribution in [-0.2, 0) is 0 Å². The van der Waals surface area contributed by atoms with Crippen molar-refractivity contribution in [2.45, 2.75) is 25.2 Å². The molecule has 10 heteroatoms. The van der Waals surface area contributed by atoms with Gasteiger partial charge in [0.2, 0.25) is 0 Å². The minimum atomic E-state index is -1.16. The minimum absolute atomic E-state index is 0.138. The predicted molar refractivity (Wildman–Crippen MR) is 164 cm³/mol. The summed E-state index contributed by atoms with van der Waals surface area (Å²) in [4.78, 5) is 27.5. The van der Waals surface area contributed by atoms with E-state index in [0.717, 1.165) is 29.8 Å². The van der Waals surface area contributed by atoms with Gasteiger partial charge < -0.3 is 40.9 Å². The molecular formula is C35H30O10. The zero-order chi connectivity index (χ0) is 32.6. The summed E-state index contributed by atoms with van der Waals surface area (Å²) in [6, 6.07) is 13.6. The Bertz CT molecular complexity index is 1890. The topological polar surface area (TPSA) is 196 Å². The zero-order valence-electron chi connectivity index (χ0n) is 23.9. The standard InChI is InChI=1S/C35H30O10/c1-17-12-25(22-7-5-20(37)15-30(22)42)32(34(44)24-8-6-21(38)16-31(24)43)26(13-17)33-28(40)11-9-23(35(33)45)27(39)10-3-18-2-4-19(36)14-29(18)41/h2-11,13-16,25-26,32,36-38,40-43,45H,12H2,1H3/b10-3+/t25-,26+,32-/m1/s1. The molecule has 45 heavy (non-hydrogen) atoms. The molecule has 8 N–H and O–H groups in total. The maximum Gasteiger partial charge on any atom is 0.189 e. The van der Waals surface area contributed by atoms with Crippen LogP contribution in [0.25, 0.3) is 6.08 Å². The molecule has 0 aromatic heterocycles. The highest BCUT2D eigenvalue weighted by Gasteiger charge is 2.43. The van der Waals surface area contributed by atoms with Gasteiger partial charge in [-0.3, -0.25) is 9.59 Å². The van der Waals surface area contributed by atoms with Gasteiger partial charge in [0.1, 0.15) is 46.0 Å². The Balaban J connectivity index is 1.65. The Labute approximate surface area is 257 Å². The van der Waals surface area contributed by atoms with Crippen molar-refractivity contribution in [3.63, 3.8) is 0 Å². The van der Waals surface area contributed by atoms with Crippen LogP contribution in [0.15, 0.2) is 84.5 Å². The quantitative estimate of drug-likeness (QED) is 0.0704. The van der Waals surface area contributed by atoms with Gasteiger partial charge in [-0.2, -0.15) is 0 Å². The lowest BCUT2D eigenvalue weighted by Crippen LogP contribution is -2.31. The van der Waals surface area contributed by atoms with E-state index in [0.29, 0.717) is 5.56 Å². The Morgan fingerprint density at radius 1 is 0.689 bits per heavy atom. The van der Waals surface area contributed by atoms with Crippen LogP contribution in [0.2, 0.25) is 0 Å². The van der Waals surface area contributed by atoms with Crippen LogP contribution in [0.1, 0.15) is 62.6 Å². The maximum atomic E-state index is 14.3. The predicted octanol–water partition coefficient (Wildman–Crippen LogP) is 5.94. The second-order valence-electron chi connectivity index (χ2n) is 11.0. The molecule has 0 radical (unpaired) electrons. The molecule has 10 nitrogen and oxygen atoms in total. The van der Waals surface area contributed by atoms with Gasteiger partial charge in [0.25, 0.3) is 0 Å². The molecule has 4 aromatic rings. The Hall–Kier alpha value is -5.90. The second kappa shape index (κ2) is 12.0. The zero-order valence-corrected chi connectivity index (χ0v) is 23.9. The molecule has 0 saturated heterocycles. The molecule has 0 unspecified atom stereocenters. The largest absolute Gasteiger partial charge is 0.508 e. The molecule has 0 fully saturated rings. The number of aromatic hydroxyl groups is 8. The van der Waals surface area contributed by atoms with Gasteiger partial charge in [-0.15, -0.1) is 0 Å². The van der Waals surface area contributed by atoms with Gasteiger partial charge in [0, 0.05) is 47.1 Å². The highest BCUT2D eigenvalue weighted by molar-refractivity contribution is 6.09. The van der Waals surface area contributed by atoms with Gasteiger partial charge >= 0.3 is 0 Å². The SMILES string of the molecule is CC1=C[C@H](c2c(O)ccc(C(=O)/C=C/c3ccc(O)cc3O)c2O)[C@H](C(=O)c2ccc(O)cc2O)[C@@H](c2ccc(O)cc2O)C1. The van der Waals surface area contributed by atoms with Crippen LogP contribution >= 0.6 is 0 Å². The number of carbonyl (C=O) groups excluding carboxylic acids is 2. The first-order valence-corrected chi connectivity index (χ1v) is 13.9. The van der Waals surface area contributed by atoms with E-state index in [2.05, 4.69) is 0 Å². The summed E-state index contributed by atoms with van der Waals surface area (Å²) in [5, 5.41) is 83.3. The number of allylic oxidation sites excluding steroid dienone is 3. The number of ketones is 2. The average Bonchev–Trinajstić information content (AvgIpc) is 2.96. The lowest BCUT2D eigenvalue weighted by molar-refractivity contribution is 0.0876. The molecule has 1 aliphatic carbocycles. The first kappa shape index (κ1) is 30.6. The van der Waals surface area contributed by atoms with Crippen molar-refractivity contribution in [1.29, 1.82) is 0 Å². The molecule has 0 bridgehead atoms. The third-order valence-corrected chi connectivity index (χ3v) is 8.01. The number of benzene rings is 4. The maximum absolute atomic E-state index is 14.3. The van der Waals surface area contributed by atoms with Gasteiger partial charge in [-0.25, -0.2) is 0 Å². The molecule has 3 atom stereocenters. The lowest BCUT2D eigenvalue weighted by atomic mass is 9.65. The first-order valence-electron chi connectivity index (χ1n) is 13.9. The number of phenolic OH excluding ortho intramolecular Hbond substituents is 8. The van der Waals surface area contributed by atoms with Crippen LogP contribution in [0.5, 0.6) is 46.0 Å². The summed E-state index contributed by atoms with van der Waals surface area (Å²) >= 11 is 0. The Morgan fingerprint density at radius 3 is 1.93 bits per heavy atom. The lowest BCUT2D eigenvalue weighted by Gasteiger charge is -2.37. The highest BCUT2D eigenvalue weighted by Crippen LogP contribution is 2.53. The minimum Gasteiger partial charge on any atom is -0.508 e. The van der Waals surface area contributed by atoms with Crippen molar-refractivity contribution in [2.75, 3.05) is 0 Å². The van der Waals surface area contributed by atoms with Crippen LogP contribution in [0, 0.1) is 5.92 Å². The van der Waals surface area contributed by atoms with Gasteiger partial charge in [-0.05, 0) is 73.5 Å². The molecule has 5 rings (SSSR count). The summed E-state index contributed by atoms with van der Waals surface area (Å²) in [6.07, 6.45) is 4.31. The smallest absolute Gasteiger partial charge is 0.189 e. The molecule has 4 aromatic carbocycles. The van der Waals surface area contributed by atoms with Crippen molar-refractivity contribution < 1.29 is 50.4 Å². The number of hydrogen-bond acceptors (Lipinski definition) is 10. The summed E-state index contributed by atoms with van der Waals surface area (Å²) < 4.78 is 0. The molecule has 0 saturated carbocycles. The molecule has 230 valence electrons. The number of rotatable bonds is 7. The van der Waals surface area contributed by atoms with Gasteiger partial charge in [-0.1, -0.05) is 17.7 Å². The van der Waals surface area contributed by atoms with Crippen molar-refractivity contribution in [3.8, 4) is 46.0 Å². The van der Waals surface area contributed by atoms with Crippen LogP contribution in [-0.4, -0.2) is 52.4 Å². The fraction of sp³-hybridized carbons (Fsp3) is 0.143. The number of phenols is 8. The fourth-order valence-corrected chi connectivity index (χ4v) is 5.92. The molecule has 0 aliphatic heterocycles. The number of Topliss-reactive ketones (excluding diaryl/α,β-unsaturated/α-hetero) is 1. The Morgan fingerprint density at radius 2 is 1.29 bits per heavy atom. The van der Waals surface area contributed by atoms with Gasteiger partial charge in [0.15, 0.2) is 11.6 Å². The van der Waals surface area contributed by atoms with Crippen molar-refractivity contribution in [3.05, 3.63) is 112 Å². The van der Waals surface area contributed by atoms with E-state index in [1.807, 2.05) is 0 Å². The Kier molecular flexibility index (Phi) is 8.15. The van der Waals surface area contributed by atoms with E-state index in [1.165, 1.54) is 54.6 Å². The molecule has 1 aliphatic rings. The molecule has 0 amide bonds. The van der Waals surface area contributed by atoms with Crippen molar-refractivity contribution in [1.82, 2.24) is 0 Å². The normalized spacial score (nSPS) is 18.1. The van der Waals surface area contributed by atoms with Crippen LogP contribution in [0.3, 0.4) is 0 Å². The van der Waals surface area contributed by atoms with Crippen LogP contribution in [0.4, 0.5) is 0 Å². The van der Waals surface area contributed by atoms with E-state index >= 15 is 0 Å². The van der Waals surface area contributed by atoms with E-state index in [4.69, 9.17) is 0 Å². The summed E-state index contributed by atoms with van der Waals surface area (Å²) in [5.74, 6) is -7.07. The summed E-state index contributed by atoms with van der Waals surface area (Å²) in [6.45, 7) is 1.77. The third kappa shape index (κ3) is 5.98. The molecule has 0 spiro atoms.